The van der Waals surface area contributed by atoms with E-state index < -0.39 is 0 Å². The lowest BCUT2D eigenvalue weighted by molar-refractivity contribution is -0.133. The van der Waals surface area contributed by atoms with Gasteiger partial charge in [-0.05, 0) is 45.3 Å². The minimum Gasteiger partial charge on any atom is -0.341 e. The maximum Gasteiger partial charge on any atom is 0.222 e. The van der Waals surface area contributed by atoms with Gasteiger partial charge in [-0.25, -0.2) is 0 Å². The maximum atomic E-state index is 12.0. The zero-order chi connectivity index (χ0) is 12.8. The van der Waals surface area contributed by atoms with Crippen LogP contribution in [-0.4, -0.2) is 55.5 Å². The molecule has 0 aromatic heterocycles. The van der Waals surface area contributed by atoms with Crippen molar-refractivity contribution in [3.63, 3.8) is 0 Å². The number of nitrogens with two attached hydrogens (primary N) is 1. The van der Waals surface area contributed by atoms with Gasteiger partial charge >= 0.3 is 0 Å². The topological polar surface area (TPSA) is 49.6 Å². The van der Waals surface area contributed by atoms with E-state index in [-0.39, 0.29) is 5.91 Å². The summed E-state index contributed by atoms with van der Waals surface area (Å²) in [6, 6.07) is 0.398. The van der Waals surface area contributed by atoms with Crippen molar-refractivity contribution >= 4 is 5.91 Å². The van der Waals surface area contributed by atoms with Crippen molar-refractivity contribution in [3.8, 4) is 0 Å². The average molecular weight is 241 g/mol. The standard InChI is InChI=1S/C13H27N3O/c1-11(9-14)6-7-13(17)16(3)12-5-4-8-15(2)10-12/h11-12H,4-10,14H2,1-3H3. The van der Waals surface area contributed by atoms with Crippen LogP contribution in [0.15, 0.2) is 0 Å². The smallest absolute Gasteiger partial charge is 0.222 e. The van der Waals surface area contributed by atoms with Gasteiger partial charge in [0.15, 0.2) is 0 Å². The first kappa shape index (κ1) is 14.5. The van der Waals surface area contributed by atoms with Crippen LogP contribution >= 0.6 is 0 Å². The molecule has 4 heteroatoms. The Balaban J connectivity index is 2.35. The second-order valence-corrected chi connectivity index (χ2v) is 5.44. The molecule has 2 N–H and O–H groups in total. The van der Waals surface area contributed by atoms with Gasteiger partial charge in [-0.1, -0.05) is 6.92 Å². The molecule has 0 aromatic rings. The first-order chi connectivity index (χ1) is 8.04. The summed E-state index contributed by atoms with van der Waals surface area (Å²) < 4.78 is 0. The van der Waals surface area contributed by atoms with E-state index >= 15 is 0 Å². The van der Waals surface area contributed by atoms with Crippen LogP contribution in [0.25, 0.3) is 0 Å². The molecule has 1 saturated heterocycles. The Morgan fingerprint density at radius 2 is 2.29 bits per heavy atom. The third-order valence-corrected chi connectivity index (χ3v) is 3.79. The van der Waals surface area contributed by atoms with Crippen LogP contribution in [-0.2, 0) is 4.79 Å². The van der Waals surface area contributed by atoms with Gasteiger partial charge in [-0.3, -0.25) is 4.79 Å². The van der Waals surface area contributed by atoms with Gasteiger partial charge in [0.25, 0.3) is 0 Å². The van der Waals surface area contributed by atoms with Crippen molar-refractivity contribution in [2.24, 2.45) is 11.7 Å². The van der Waals surface area contributed by atoms with E-state index in [1.165, 1.54) is 6.42 Å². The van der Waals surface area contributed by atoms with Gasteiger partial charge in [-0.15, -0.1) is 0 Å². The minimum absolute atomic E-state index is 0.269. The molecule has 1 heterocycles. The maximum absolute atomic E-state index is 12.0. The molecule has 2 atom stereocenters. The Kier molecular flexibility index (Phi) is 5.92. The zero-order valence-electron chi connectivity index (χ0n) is 11.5. The lowest BCUT2D eigenvalue weighted by atomic mass is 10.0. The summed E-state index contributed by atoms with van der Waals surface area (Å²) in [7, 11) is 4.07. The molecule has 0 saturated carbocycles. The summed E-state index contributed by atoms with van der Waals surface area (Å²) in [5.74, 6) is 0.715. The van der Waals surface area contributed by atoms with Crippen LogP contribution in [0.2, 0.25) is 0 Å². The molecule has 1 fully saturated rings. The van der Waals surface area contributed by atoms with E-state index in [0.29, 0.717) is 24.9 Å². The molecular weight excluding hydrogens is 214 g/mol. The molecule has 0 aromatic carbocycles. The molecule has 100 valence electrons. The zero-order valence-corrected chi connectivity index (χ0v) is 11.5. The van der Waals surface area contributed by atoms with Crippen molar-refractivity contribution in [1.29, 1.82) is 0 Å². The molecule has 1 amide bonds. The number of hydrogen-bond donors (Lipinski definition) is 1. The van der Waals surface area contributed by atoms with Gasteiger partial charge in [0.2, 0.25) is 5.91 Å². The van der Waals surface area contributed by atoms with Gasteiger partial charge in [0.05, 0.1) is 0 Å². The van der Waals surface area contributed by atoms with Crippen LogP contribution in [0.4, 0.5) is 0 Å². The van der Waals surface area contributed by atoms with E-state index in [1.54, 1.807) is 0 Å². The van der Waals surface area contributed by atoms with Gasteiger partial charge in [0.1, 0.15) is 0 Å². The van der Waals surface area contributed by atoms with Crippen molar-refractivity contribution < 1.29 is 4.79 Å². The number of carbonyl (C=O) groups is 1. The Morgan fingerprint density at radius 1 is 1.59 bits per heavy atom. The summed E-state index contributed by atoms with van der Waals surface area (Å²) in [5, 5.41) is 0. The lowest BCUT2D eigenvalue weighted by Gasteiger charge is -2.36. The van der Waals surface area contributed by atoms with E-state index in [2.05, 4.69) is 18.9 Å². The minimum atomic E-state index is 0.269. The molecule has 1 rings (SSSR count). The van der Waals surface area contributed by atoms with Crippen LogP contribution in [0.5, 0.6) is 0 Å². The molecule has 17 heavy (non-hydrogen) atoms. The molecule has 4 nitrogen and oxygen atoms in total. The van der Waals surface area contributed by atoms with E-state index in [1.807, 2.05) is 11.9 Å². The fraction of sp³-hybridized carbons (Fsp3) is 0.923. The highest BCUT2D eigenvalue weighted by Gasteiger charge is 2.24. The van der Waals surface area contributed by atoms with E-state index in [0.717, 1.165) is 25.9 Å². The summed E-state index contributed by atoms with van der Waals surface area (Å²) in [6.45, 7) is 4.93. The lowest BCUT2D eigenvalue weighted by Crippen LogP contribution is -2.47. The van der Waals surface area contributed by atoms with Gasteiger partial charge in [0, 0.05) is 26.1 Å². The monoisotopic (exact) mass is 241 g/mol. The molecular formula is C13H27N3O. The molecule has 0 bridgehead atoms. The van der Waals surface area contributed by atoms with Crippen molar-refractivity contribution in [3.05, 3.63) is 0 Å². The Bertz CT molecular complexity index is 245. The number of likely N-dealkylation sites (N-methyl/N-ethyl adjacent to an activating group) is 2. The Morgan fingerprint density at radius 3 is 2.88 bits per heavy atom. The Hall–Kier alpha value is -0.610. The van der Waals surface area contributed by atoms with Crippen LogP contribution < -0.4 is 5.73 Å². The summed E-state index contributed by atoms with van der Waals surface area (Å²) >= 11 is 0. The molecule has 0 spiro atoms. The number of hydrogen-bond acceptors (Lipinski definition) is 3. The number of carbonyl (C=O) groups excluding carboxylic acids is 1. The van der Waals surface area contributed by atoms with Gasteiger partial charge < -0.3 is 15.5 Å². The predicted octanol–water partition coefficient (Wildman–Crippen LogP) is 0.914. The molecule has 1 aliphatic heterocycles. The normalized spacial score (nSPS) is 23.4. The molecule has 1 aliphatic rings. The summed E-state index contributed by atoms with van der Waals surface area (Å²) in [6.07, 6.45) is 3.87. The first-order valence-corrected chi connectivity index (χ1v) is 6.68. The number of likely N-dealkylation sites (tertiary alicyclic amines) is 1. The Labute approximate surface area is 105 Å². The van der Waals surface area contributed by atoms with Crippen LogP contribution in [0.3, 0.4) is 0 Å². The number of nitrogens with zero attached hydrogens (tertiary/aromatic N) is 2. The SMILES string of the molecule is CC(CN)CCC(=O)N(C)C1CCCN(C)C1. The molecule has 0 radical (unpaired) electrons. The third-order valence-electron chi connectivity index (χ3n) is 3.79. The quantitative estimate of drug-likeness (QED) is 0.778. The van der Waals surface area contributed by atoms with Crippen molar-refractivity contribution in [2.45, 2.75) is 38.6 Å². The van der Waals surface area contributed by atoms with Gasteiger partial charge in [-0.2, -0.15) is 0 Å². The molecule has 0 aliphatic carbocycles. The number of amides is 1. The van der Waals surface area contributed by atoms with Crippen molar-refractivity contribution in [2.75, 3.05) is 33.7 Å². The van der Waals surface area contributed by atoms with Crippen LogP contribution in [0.1, 0.15) is 32.6 Å². The number of piperidine rings is 1. The second kappa shape index (κ2) is 6.97. The predicted molar refractivity (Wildman–Crippen MR) is 70.7 cm³/mol. The molecule has 2 unspecified atom stereocenters. The second-order valence-electron chi connectivity index (χ2n) is 5.44. The van der Waals surface area contributed by atoms with Crippen LogP contribution in [0, 0.1) is 5.92 Å². The number of rotatable bonds is 5. The fourth-order valence-electron chi connectivity index (χ4n) is 2.32. The highest BCUT2D eigenvalue weighted by molar-refractivity contribution is 5.76. The average Bonchev–Trinajstić information content (AvgIpc) is 2.34. The highest BCUT2D eigenvalue weighted by atomic mass is 16.2. The van der Waals surface area contributed by atoms with Crippen molar-refractivity contribution in [1.82, 2.24) is 9.80 Å². The highest BCUT2D eigenvalue weighted by Crippen LogP contribution is 2.15. The summed E-state index contributed by atoms with van der Waals surface area (Å²) in [4.78, 5) is 16.3. The van der Waals surface area contributed by atoms with E-state index in [4.69, 9.17) is 5.73 Å². The first-order valence-electron chi connectivity index (χ1n) is 6.68. The summed E-state index contributed by atoms with van der Waals surface area (Å²) in [5.41, 5.74) is 5.56. The fourth-order valence-corrected chi connectivity index (χ4v) is 2.32. The third kappa shape index (κ3) is 4.64. The largest absolute Gasteiger partial charge is 0.341 e. The van der Waals surface area contributed by atoms with E-state index in [9.17, 15) is 4.79 Å².